The second-order valence-corrected chi connectivity index (χ2v) is 10.8. The van der Waals surface area contributed by atoms with E-state index in [1.54, 1.807) is 18.2 Å². The molecule has 2 fully saturated rings. The van der Waals surface area contributed by atoms with Crippen molar-refractivity contribution in [1.29, 1.82) is 0 Å². The average molecular weight is 573 g/mol. The number of rotatable bonds is 7. The number of nitrogens with one attached hydrogen (secondary N) is 1. The van der Waals surface area contributed by atoms with E-state index in [0.717, 1.165) is 16.2 Å². The Bertz CT molecular complexity index is 1490. The van der Waals surface area contributed by atoms with Crippen LogP contribution in [0.15, 0.2) is 57.7 Å². The molecule has 0 spiro atoms. The van der Waals surface area contributed by atoms with Gasteiger partial charge < -0.3 is 26.3 Å². The normalized spacial score (nSPS) is 22.3. The van der Waals surface area contributed by atoms with Gasteiger partial charge in [-0.15, -0.1) is 23.1 Å². The highest BCUT2D eigenvalue weighted by Crippen LogP contribution is 2.41. The quantitative estimate of drug-likeness (QED) is 0.124. The van der Waals surface area contributed by atoms with Crippen molar-refractivity contribution < 1.29 is 33.9 Å². The van der Waals surface area contributed by atoms with Crippen LogP contribution in [0.2, 0.25) is 0 Å². The Kier molecular flexibility index (Phi) is 7.10. The second-order valence-electron chi connectivity index (χ2n) is 8.80. The number of anilines is 1. The molecular formula is C24H21FN6O6S2. The predicted molar refractivity (Wildman–Crippen MR) is 139 cm³/mol. The minimum Gasteiger partial charge on any atom is -0.477 e. The second kappa shape index (κ2) is 10.5. The lowest BCUT2D eigenvalue weighted by atomic mass is 10.0. The maximum absolute atomic E-state index is 14.0. The van der Waals surface area contributed by atoms with Crippen molar-refractivity contribution >= 4 is 57.6 Å². The van der Waals surface area contributed by atoms with E-state index in [0.29, 0.717) is 24.1 Å². The van der Waals surface area contributed by atoms with Gasteiger partial charge in [-0.05, 0) is 24.1 Å². The Balaban J connectivity index is 1.32. The molecule has 3 amide bonds. The summed E-state index contributed by atoms with van der Waals surface area (Å²) in [5.74, 6) is -3.48. The molecule has 5 N–H and O–H groups in total. The largest absolute Gasteiger partial charge is 0.477 e. The molecule has 2 atom stereocenters. The van der Waals surface area contributed by atoms with Gasteiger partial charge in [-0.25, -0.2) is 14.2 Å². The maximum atomic E-state index is 14.0. The van der Waals surface area contributed by atoms with E-state index in [1.165, 1.54) is 34.2 Å². The molecule has 0 bridgehead atoms. The van der Waals surface area contributed by atoms with E-state index in [4.69, 9.17) is 5.73 Å². The fraction of sp³-hybridized carbons (Fsp3) is 0.250. The molecule has 2 aromatic rings. The standard InChI is InChI=1S/C24H21FN6O6S2/c25-14-4-2-1-3-12(14)8-30-6-5-11(20(30)33)7-13-9-38-22-17(21(34)31(22)18(13)23(35)36)28-19(32)16(29-37)15-10-39-24(26)27-15/h1-4,7,10,17,22,37H,5-6,8-9H2,(H2,26,27)(H,28,32)(H,35,36)/b11-7+,29-16-/t17-,22-/m1/s1. The molecule has 12 nitrogen and oxygen atoms in total. The van der Waals surface area contributed by atoms with Gasteiger partial charge in [0.2, 0.25) is 5.91 Å². The summed E-state index contributed by atoms with van der Waals surface area (Å²) in [5.41, 5.74) is 5.91. The zero-order valence-corrected chi connectivity index (χ0v) is 21.7. The molecule has 3 aliphatic heterocycles. The fourth-order valence-electron chi connectivity index (χ4n) is 4.57. The lowest BCUT2D eigenvalue weighted by molar-refractivity contribution is -0.150. The number of amides is 3. The molecule has 0 aliphatic carbocycles. The van der Waals surface area contributed by atoms with Gasteiger partial charge in [0.1, 0.15) is 28.6 Å². The van der Waals surface area contributed by atoms with Crippen LogP contribution in [-0.4, -0.2) is 78.2 Å². The zero-order valence-electron chi connectivity index (χ0n) is 20.0. The summed E-state index contributed by atoms with van der Waals surface area (Å²) in [4.78, 5) is 57.2. The van der Waals surface area contributed by atoms with Crippen molar-refractivity contribution in [1.82, 2.24) is 20.1 Å². The van der Waals surface area contributed by atoms with Crippen LogP contribution < -0.4 is 11.1 Å². The first-order chi connectivity index (χ1) is 18.7. The fourth-order valence-corrected chi connectivity index (χ4v) is 6.42. The van der Waals surface area contributed by atoms with E-state index in [9.17, 15) is 33.9 Å². The van der Waals surface area contributed by atoms with Crippen molar-refractivity contribution in [2.75, 3.05) is 18.0 Å². The lowest BCUT2D eigenvalue weighted by Crippen LogP contribution is -2.71. The number of carbonyl (C=O) groups is 4. The SMILES string of the molecule is Nc1nc(/C(=N/O)C(=O)N[C@@H]2C(=O)N3C(C(=O)O)=C(/C=C4\CCN(Cc5ccccc5F)C4=O)CS[C@H]23)cs1. The molecule has 2 saturated heterocycles. The van der Waals surface area contributed by atoms with Gasteiger partial charge in [0.25, 0.3) is 11.8 Å². The summed E-state index contributed by atoms with van der Waals surface area (Å²) in [6.45, 7) is 0.434. The van der Waals surface area contributed by atoms with E-state index < -0.39 is 40.7 Å². The number of benzene rings is 1. The Morgan fingerprint density at radius 2 is 2.08 bits per heavy atom. The third-order valence-electron chi connectivity index (χ3n) is 6.45. The number of oxime groups is 1. The molecule has 5 rings (SSSR count). The first kappa shape index (κ1) is 26.4. The minimum absolute atomic E-state index is 0.0303. The van der Waals surface area contributed by atoms with Crippen LogP contribution >= 0.6 is 23.1 Å². The minimum atomic E-state index is -1.35. The number of halogens is 1. The summed E-state index contributed by atoms with van der Waals surface area (Å²) < 4.78 is 14.0. The summed E-state index contributed by atoms with van der Waals surface area (Å²) >= 11 is 2.25. The third-order valence-corrected chi connectivity index (χ3v) is 8.42. The van der Waals surface area contributed by atoms with Crippen LogP contribution in [-0.2, 0) is 25.7 Å². The van der Waals surface area contributed by atoms with Crippen LogP contribution in [0, 0.1) is 5.82 Å². The Morgan fingerprint density at radius 1 is 1.31 bits per heavy atom. The van der Waals surface area contributed by atoms with Crippen molar-refractivity contribution in [2.45, 2.75) is 24.4 Å². The van der Waals surface area contributed by atoms with Gasteiger partial charge in [-0.3, -0.25) is 19.3 Å². The highest BCUT2D eigenvalue weighted by atomic mass is 32.2. The van der Waals surface area contributed by atoms with Crippen LogP contribution in [0.3, 0.4) is 0 Å². The summed E-state index contributed by atoms with van der Waals surface area (Å²) in [6, 6.07) is 5.09. The molecule has 1 aromatic carbocycles. The number of fused-ring (bicyclic) bond motifs is 1. The number of nitrogens with zero attached hydrogens (tertiary/aromatic N) is 4. The molecule has 0 unspecified atom stereocenters. The average Bonchev–Trinajstić information content (AvgIpc) is 3.49. The summed E-state index contributed by atoms with van der Waals surface area (Å²) in [6.07, 6.45) is 1.83. The van der Waals surface area contributed by atoms with E-state index >= 15 is 0 Å². The van der Waals surface area contributed by atoms with Gasteiger partial charge in [-0.1, -0.05) is 23.4 Å². The Morgan fingerprint density at radius 3 is 2.74 bits per heavy atom. The number of aromatic nitrogens is 1. The topological polar surface area (TPSA) is 179 Å². The predicted octanol–water partition coefficient (Wildman–Crippen LogP) is 1.14. The summed E-state index contributed by atoms with van der Waals surface area (Å²) in [5, 5.41) is 25.5. The highest BCUT2D eigenvalue weighted by molar-refractivity contribution is 8.00. The molecule has 1 aromatic heterocycles. The van der Waals surface area contributed by atoms with E-state index in [1.807, 2.05) is 0 Å². The number of thioether (sulfide) groups is 1. The number of nitrogens with two attached hydrogens (primary N) is 1. The highest BCUT2D eigenvalue weighted by Gasteiger charge is 2.54. The molecule has 3 aliphatic rings. The summed E-state index contributed by atoms with van der Waals surface area (Å²) in [7, 11) is 0. The van der Waals surface area contributed by atoms with Crippen molar-refractivity contribution in [3.63, 3.8) is 0 Å². The number of hydrogen-bond acceptors (Lipinski definition) is 10. The van der Waals surface area contributed by atoms with Crippen LogP contribution in [0.25, 0.3) is 0 Å². The number of hydrogen-bond donors (Lipinski definition) is 4. The lowest BCUT2D eigenvalue weighted by Gasteiger charge is -2.49. The number of carboxylic acid groups (broad SMARTS) is 1. The van der Waals surface area contributed by atoms with Gasteiger partial charge in [-0.2, -0.15) is 0 Å². The molecule has 0 radical (unpaired) electrons. The number of β-lactam (4-membered cyclic amide) rings is 1. The van der Waals surface area contributed by atoms with Gasteiger partial charge in [0.05, 0.1) is 0 Å². The third kappa shape index (κ3) is 4.85. The first-order valence-corrected chi connectivity index (χ1v) is 13.5. The van der Waals surface area contributed by atoms with Crippen LogP contribution in [0.4, 0.5) is 9.52 Å². The number of thiazole rings is 1. The molecule has 39 heavy (non-hydrogen) atoms. The van der Waals surface area contributed by atoms with Gasteiger partial charge in [0.15, 0.2) is 10.8 Å². The smallest absolute Gasteiger partial charge is 0.352 e. The first-order valence-electron chi connectivity index (χ1n) is 11.6. The van der Waals surface area contributed by atoms with Gasteiger partial charge >= 0.3 is 5.97 Å². The number of likely N-dealkylation sites (tertiary alicyclic amines) is 1. The molecular weight excluding hydrogens is 551 g/mol. The van der Waals surface area contributed by atoms with Gasteiger partial charge in [0, 0.05) is 35.4 Å². The van der Waals surface area contributed by atoms with E-state index in [2.05, 4.69) is 15.5 Å². The monoisotopic (exact) mass is 572 g/mol. The number of carboxylic acids is 1. The Hall–Kier alpha value is -4.24. The maximum Gasteiger partial charge on any atom is 0.352 e. The van der Waals surface area contributed by atoms with Crippen molar-refractivity contribution in [2.24, 2.45) is 5.16 Å². The zero-order chi connectivity index (χ0) is 27.8. The Labute approximate surface area is 228 Å². The van der Waals surface area contributed by atoms with E-state index in [-0.39, 0.29) is 40.3 Å². The number of carbonyl (C=O) groups excluding carboxylic acids is 3. The number of allylic oxidation sites excluding steroid dienone is 1. The number of aliphatic carboxylic acids is 1. The van der Waals surface area contributed by atoms with Crippen molar-refractivity contribution in [3.8, 4) is 0 Å². The van der Waals surface area contributed by atoms with Crippen LogP contribution in [0.5, 0.6) is 0 Å². The van der Waals surface area contributed by atoms with Crippen LogP contribution in [0.1, 0.15) is 17.7 Å². The molecule has 15 heteroatoms. The van der Waals surface area contributed by atoms with Crippen molar-refractivity contribution in [3.05, 3.63) is 69.6 Å². The molecule has 0 saturated carbocycles. The number of nitrogen functional groups attached to an aromatic ring is 1. The molecule has 4 heterocycles. The molecule has 202 valence electrons.